The van der Waals surface area contributed by atoms with Crippen LogP contribution in [-0.2, 0) is 16.0 Å². The van der Waals surface area contributed by atoms with Crippen molar-refractivity contribution >= 4 is 28.9 Å². The molecule has 2 rings (SSSR count). The third-order valence-corrected chi connectivity index (χ3v) is 3.52. The van der Waals surface area contributed by atoms with Crippen LogP contribution in [0.25, 0.3) is 0 Å². The summed E-state index contributed by atoms with van der Waals surface area (Å²) in [5.74, 6) is -1.24. The van der Waals surface area contributed by atoms with Crippen LogP contribution in [0, 0.1) is 20.2 Å². The van der Waals surface area contributed by atoms with E-state index in [9.17, 15) is 29.8 Å². The molecule has 0 aromatic heterocycles. The van der Waals surface area contributed by atoms with Crippen molar-refractivity contribution in [1.29, 1.82) is 0 Å². The van der Waals surface area contributed by atoms with E-state index in [2.05, 4.69) is 5.32 Å². The molecule has 0 bridgehead atoms. The minimum atomic E-state index is -0.790. The van der Waals surface area contributed by atoms with Crippen LogP contribution in [-0.4, -0.2) is 28.3 Å². The summed E-state index contributed by atoms with van der Waals surface area (Å²) in [5, 5.41) is 24.4. The number of amides is 1. The molecular weight excluding hydrogens is 358 g/mol. The molecule has 0 radical (unpaired) electrons. The molecule has 0 saturated heterocycles. The molecule has 2 aromatic rings. The molecule has 0 aliphatic carbocycles. The van der Waals surface area contributed by atoms with Crippen molar-refractivity contribution < 1.29 is 24.2 Å². The summed E-state index contributed by atoms with van der Waals surface area (Å²) in [6.07, 6.45) is -0.397. The van der Waals surface area contributed by atoms with Gasteiger partial charge in [-0.2, -0.15) is 0 Å². The van der Waals surface area contributed by atoms with Crippen molar-refractivity contribution in [3.8, 4) is 0 Å². The van der Waals surface area contributed by atoms with E-state index >= 15 is 0 Å². The molecular formula is C17H15N3O7. The van der Waals surface area contributed by atoms with Crippen LogP contribution in [0.4, 0.5) is 17.1 Å². The topological polar surface area (TPSA) is 142 Å². The average Bonchev–Trinajstić information content (AvgIpc) is 2.62. The van der Waals surface area contributed by atoms with Crippen molar-refractivity contribution in [2.75, 3.05) is 11.9 Å². The first-order chi connectivity index (χ1) is 12.8. The highest BCUT2D eigenvalue weighted by molar-refractivity contribution is 6.01. The van der Waals surface area contributed by atoms with Crippen molar-refractivity contribution in [3.05, 3.63) is 73.8 Å². The number of nitrogens with one attached hydrogen (secondary N) is 1. The predicted octanol–water partition coefficient (Wildman–Crippen LogP) is 2.86. The molecule has 1 amide bonds. The first-order valence-corrected chi connectivity index (χ1v) is 7.81. The van der Waals surface area contributed by atoms with Gasteiger partial charge in [-0.1, -0.05) is 12.1 Å². The van der Waals surface area contributed by atoms with Gasteiger partial charge < -0.3 is 10.1 Å². The maximum atomic E-state index is 12.3. The second kappa shape index (κ2) is 8.52. The zero-order valence-corrected chi connectivity index (χ0v) is 14.2. The number of carbonyl (C=O) groups is 2. The number of nitro groups is 2. The molecule has 140 valence electrons. The monoisotopic (exact) mass is 373 g/mol. The predicted molar refractivity (Wildman–Crippen MR) is 94.5 cm³/mol. The van der Waals surface area contributed by atoms with Gasteiger partial charge in [-0.05, 0) is 25.1 Å². The highest BCUT2D eigenvalue weighted by Gasteiger charge is 2.22. The maximum Gasteiger partial charge on any atom is 0.340 e. The normalized spacial score (nSPS) is 10.1. The number of benzene rings is 2. The molecule has 0 spiro atoms. The van der Waals surface area contributed by atoms with Crippen LogP contribution in [0.3, 0.4) is 0 Å². The summed E-state index contributed by atoms with van der Waals surface area (Å²) < 4.78 is 4.91. The Morgan fingerprint density at radius 3 is 2.41 bits per heavy atom. The first kappa shape index (κ1) is 19.5. The fourth-order valence-electron chi connectivity index (χ4n) is 2.33. The number of hydrogen-bond acceptors (Lipinski definition) is 7. The van der Waals surface area contributed by atoms with Crippen molar-refractivity contribution in [1.82, 2.24) is 0 Å². The van der Waals surface area contributed by atoms with Gasteiger partial charge in [0.2, 0.25) is 5.91 Å². The van der Waals surface area contributed by atoms with Crippen molar-refractivity contribution in [2.45, 2.75) is 13.3 Å². The van der Waals surface area contributed by atoms with E-state index in [0.29, 0.717) is 0 Å². The number of anilines is 1. The Balaban J connectivity index is 2.23. The number of rotatable bonds is 7. The summed E-state index contributed by atoms with van der Waals surface area (Å²) in [6.45, 7) is 1.81. The van der Waals surface area contributed by atoms with Gasteiger partial charge in [-0.15, -0.1) is 0 Å². The van der Waals surface area contributed by atoms with Gasteiger partial charge in [-0.25, -0.2) is 4.79 Å². The largest absolute Gasteiger partial charge is 0.462 e. The SMILES string of the molecule is CCOC(=O)c1ccccc1NC(=O)Cc1ccc([N+](=O)[O-])cc1[N+](=O)[O-]. The number of hydrogen-bond donors (Lipinski definition) is 1. The highest BCUT2D eigenvalue weighted by Crippen LogP contribution is 2.25. The van der Waals surface area contributed by atoms with Crippen LogP contribution in [0.5, 0.6) is 0 Å². The molecule has 0 heterocycles. The van der Waals surface area contributed by atoms with E-state index in [0.717, 1.165) is 18.2 Å². The molecule has 0 fully saturated rings. The fraction of sp³-hybridized carbons (Fsp3) is 0.176. The average molecular weight is 373 g/mol. The summed E-state index contributed by atoms with van der Waals surface area (Å²) in [6, 6.07) is 9.22. The van der Waals surface area contributed by atoms with Gasteiger partial charge in [0.1, 0.15) is 0 Å². The van der Waals surface area contributed by atoms with Crippen LogP contribution in [0.15, 0.2) is 42.5 Å². The summed E-state index contributed by atoms with van der Waals surface area (Å²) >= 11 is 0. The number of esters is 1. The van der Waals surface area contributed by atoms with Gasteiger partial charge in [-0.3, -0.25) is 25.0 Å². The number of ether oxygens (including phenoxy) is 1. The Bertz CT molecular complexity index is 911. The summed E-state index contributed by atoms with van der Waals surface area (Å²) in [7, 11) is 0. The minimum Gasteiger partial charge on any atom is -0.462 e. The quantitative estimate of drug-likeness (QED) is 0.447. The molecule has 0 aliphatic heterocycles. The van der Waals surface area contributed by atoms with Crippen molar-refractivity contribution in [3.63, 3.8) is 0 Å². The molecule has 27 heavy (non-hydrogen) atoms. The number of nitrogens with zero attached hydrogens (tertiary/aromatic N) is 2. The molecule has 2 aromatic carbocycles. The molecule has 0 aliphatic rings. The Labute approximate surface area is 153 Å². The van der Waals surface area contributed by atoms with E-state index < -0.39 is 39.5 Å². The molecule has 1 N–H and O–H groups in total. The summed E-state index contributed by atoms with van der Waals surface area (Å²) in [4.78, 5) is 44.6. The van der Waals surface area contributed by atoms with E-state index in [4.69, 9.17) is 4.74 Å². The zero-order chi connectivity index (χ0) is 20.0. The lowest BCUT2D eigenvalue weighted by Gasteiger charge is -2.10. The molecule has 10 heteroatoms. The third-order valence-electron chi connectivity index (χ3n) is 3.52. The van der Waals surface area contributed by atoms with E-state index in [1.165, 1.54) is 12.1 Å². The van der Waals surface area contributed by atoms with Crippen molar-refractivity contribution in [2.24, 2.45) is 0 Å². The number of carbonyl (C=O) groups excluding carboxylic acids is 2. The molecule has 0 unspecified atom stereocenters. The molecule has 10 nitrogen and oxygen atoms in total. The van der Waals surface area contributed by atoms with Crippen LogP contribution in [0.1, 0.15) is 22.8 Å². The van der Waals surface area contributed by atoms with Gasteiger partial charge in [0.25, 0.3) is 11.4 Å². The van der Waals surface area contributed by atoms with E-state index in [1.807, 2.05) is 0 Å². The number of para-hydroxylation sites is 1. The van der Waals surface area contributed by atoms with Crippen LogP contribution in [0.2, 0.25) is 0 Å². The number of non-ortho nitro benzene ring substituents is 1. The van der Waals surface area contributed by atoms with Crippen LogP contribution < -0.4 is 5.32 Å². The Morgan fingerprint density at radius 2 is 1.78 bits per heavy atom. The molecule has 0 saturated carbocycles. The van der Waals surface area contributed by atoms with Gasteiger partial charge >= 0.3 is 5.97 Å². The third kappa shape index (κ3) is 4.84. The maximum absolute atomic E-state index is 12.3. The Morgan fingerprint density at radius 1 is 1.07 bits per heavy atom. The minimum absolute atomic E-state index is 0.0108. The lowest BCUT2D eigenvalue weighted by atomic mass is 10.1. The second-order valence-corrected chi connectivity index (χ2v) is 5.32. The zero-order valence-electron chi connectivity index (χ0n) is 14.2. The highest BCUT2D eigenvalue weighted by atomic mass is 16.6. The Kier molecular flexibility index (Phi) is 6.15. The van der Waals surface area contributed by atoms with Gasteiger partial charge in [0.15, 0.2) is 0 Å². The van der Waals surface area contributed by atoms with Crippen LogP contribution >= 0.6 is 0 Å². The van der Waals surface area contributed by atoms with E-state index in [-0.39, 0.29) is 23.4 Å². The lowest BCUT2D eigenvalue weighted by molar-refractivity contribution is -0.394. The Hall–Kier alpha value is -3.82. The molecule has 0 atom stereocenters. The number of nitro benzene ring substituents is 2. The van der Waals surface area contributed by atoms with Gasteiger partial charge in [0.05, 0.1) is 40.2 Å². The van der Waals surface area contributed by atoms with E-state index in [1.54, 1.807) is 19.1 Å². The first-order valence-electron chi connectivity index (χ1n) is 7.81. The van der Waals surface area contributed by atoms with Gasteiger partial charge in [0, 0.05) is 11.6 Å². The lowest BCUT2D eigenvalue weighted by Crippen LogP contribution is -2.18. The standard InChI is InChI=1S/C17H15N3O7/c1-2-27-17(22)13-5-3-4-6-14(13)18-16(21)9-11-7-8-12(19(23)24)10-15(11)20(25)26/h3-8,10H,2,9H2,1H3,(H,18,21). The summed E-state index contributed by atoms with van der Waals surface area (Å²) in [5.41, 5.74) is -0.621. The fourth-order valence-corrected chi connectivity index (χ4v) is 2.33. The smallest absolute Gasteiger partial charge is 0.340 e. The second-order valence-electron chi connectivity index (χ2n) is 5.32.